The fourth-order valence-corrected chi connectivity index (χ4v) is 2.74. The zero-order chi connectivity index (χ0) is 14.2. The Balaban J connectivity index is 2.15. The van der Waals surface area contributed by atoms with Crippen LogP contribution in [-0.4, -0.2) is 11.6 Å². The Morgan fingerprint density at radius 2 is 1.95 bits per heavy atom. The molecule has 19 heavy (non-hydrogen) atoms. The van der Waals surface area contributed by atoms with E-state index in [2.05, 4.69) is 26.0 Å². The number of benzene rings is 1. The summed E-state index contributed by atoms with van der Waals surface area (Å²) in [6, 6.07) is 4.33. The number of aryl methyl sites for hydroxylation is 1. The molecular formula is C17H24O2. The summed E-state index contributed by atoms with van der Waals surface area (Å²) in [5, 5.41) is 0. The highest BCUT2D eigenvalue weighted by Gasteiger charge is 2.29. The first kappa shape index (κ1) is 14.1. The molecule has 0 N–H and O–H groups in total. The van der Waals surface area contributed by atoms with E-state index < -0.39 is 0 Å². The van der Waals surface area contributed by atoms with Crippen LogP contribution in [-0.2, 0) is 22.4 Å². The molecule has 0 saturated carbocycles. The second kappa shape index (κ2) is 4.99. The molecule has 1 atom stereocenters. The molecule has 0 aliphatic heterocycles. The lowest BCUT2D eigenvalue weighted by molar-refractivity contribution is -0.160. The first-order valence-electron chi connectivity index (χ1n) is 7.09. The Kier molecular flexibility index (Phi) is 3.71. The molecule has 2 nitrogen and oxygen atoms in total. The van der Waals surface area contributed by atoms with Crippen LogP contribution in [0.25, 0.3) is 0 Å². The molecule has 104 valence electrons. The second-order valence-electron chi connectivity index (χ2n) is 6.62. The fourth-order valence-electron chi connectivity index (χ4n) is 2.74. The van der Waals surface area contributed by atoms with Crippen LogP contribution < -0.4 is 0 Å². The molecule has 0 fully saturated rings. The summed E-state index contributed by atoms with van der Waals surface area (Å²) < 4.78 is 5.51. The lowest BCUT2D eigenvalue weighted by Gasteiger charge is -2.28. The maximum absolute atomic E-state index is 12.2. The zero-order valence-corrected chi connectivity index (χ0v) is 12.7. The third-order valence-corrected chi connectivity index (χ3v) is 3.92. The third-order valence-electron chi connectivity index (χ3n) is 3.92. The van der Waals surface area contributed by atoms with Gasteiger partial charge in [-0.2, -0.15) is 0 Å². The van der Waals surface area contributed by atoms with E-state index in [0.29, 0.717) is 0 Å². The average Bonchev–Trinajstić information content (AvgIpc) is 2.31. The number of hydrogen-bond acceptors (Lipinski definition) is 2. The van der Waals surface area contributed by atoms with Crippen molar-refractivity contribution in [3.05, 3.63) is 34.4 Å². The summed E-state index contributed by atoms with van der Waals surface area (Å²) in [5.74, 6) is -0.0230. The van der Waals surface area contributed by atoms with Gasteiger partial charge in [-0.3, -0.25) is 4.79 Å². The molecule has 0 aromatic heterocycles. The van der Waals surface area contributed by atoms with E-state index in [0.717, 1.165) is 19.3 Å². The number of ether oxygens (including phenoxy) is 1. The first-order chi connectivity index (χ1) is 8.78. The van der Waals surface area contributed by atoms with Crippen molar-refractivity contribution < 1.29 is 9.53 Å². The molecule has 1 aromatic rings. The maximum atomic E-state index is 12.2. The van der Waals surface area contributed by atoms with Crippen molar-refractivity contribution in [3.8, 4) is 0 Å². The molecule has 0 bridgehead atoms. The maximum Gasteiger partial charge on any atom is 0.309 e. The highest BCUT2D eigenvalue weighted by Crippen LogP contribution is 2.30. The van der Waals surface area contributed by atoms with E-state index in [4.69, 9.17) is 4.74 Å². The lowest BCUT2D eigenvalue weighted by Crippen LogP contribution is -2.31. The minimum absolute atomic E-state index is 0.0221. The van der Waals surface area contributed by atoms with Gasteiger partial charge in [0.25, 0.3) is 0 Å². The summed E-state index contributed by atoms with van der Waals surface area (Å²) in [5.41, 5.74) is 5.11. The lowest BCUT2D eigenvalue weighted by atomic mass is 9.81. The normalized spacial score (nSPS) is 18.9. The number of rotatable bonds is 1. The fraction of sp³-hybridized carbons (Fsp3) is 0.588. The average molecular weight is 260 g/mol. The minimum Gasteiger partial charge on any atom is -0.460 e. The van der Waals surface area contributed by atoms with Crippen molar-refractivity contribution in [3.63, 3.8) is 0 Å². The summed E-state index contributed by atoms with van der Waals surface area (Å²) in [7, 11) is 0. The molecule has 0 radical (unpaired) electrons. The van der Waals surface area contributed by atoms with Gasteiger partial charge in [0.1, 0.15) is 5.60 Å². The van der Waals surface area contributed by atoms with E-state index in [-0.39, 0.29) is 17.5 Å². The van der Waals surface area contributed by atoms with Gasteiger partial charge in [-0.1, -0.05) is 12.1 Å². The third kappa shape index (κ3) is 3.17. The van der Waals surface area contributed by atoms with Gasteiger partial charge in [0, 0.05) is 0 Å². The van der Waals surface area contributed by atoms with Gasteiger partial charge >= 0.3 is 5.97 Å². The molecule has 0 heterocycles. The molecule has 0 amide bonds. The molecule has 1 aliphatic rings. The Morgan fingerprint density at radius 1 is 1.26 bits per heavy atom. The standard InChI is InChI=1S/C17H24O2/c1-11-6-7-13-10-14(8-9-15(13)12(11)2)16(18)19-17(3,4)5/h6-7,14H,8-10H2,1-5H3. The van der Waals surface area contributed by atoms with Gasteiger partial charge in [0.2, 0.25) is 0 Å². The van der Waals surface area contributed by atoms with Gasteiger partial charge in [-0.25, -0.2) is 0 Å². The van der Waals surface area contributed by atoms with Gasteiger partial charge in [0.15, 0.2) is 0 Å². The van der Waals surface area contributed by atoms with Gasteiger partial charge in [-0.15, -0.1) is 0 Å². The molecule has 0 spiro atoms. The van der Waals surface area contributed by atoms with Crippen LogP contribution in [0, 0.1) is 19.8 Å². The number of fused-ring (bicyclic) bond motifs is 1. The number of esters is 1. The number of hydrogen-bond donors (Lipinski definition) is 0. The SMILES string of the molecule is Cc1ccc2c(c1C)CCC(C(=O)OC(C)(C)C)C2. The van der Waals surface area contributed by atoms with E-state index in [1.165, 1.54) is 22.3 Å². The van der Waals surface area contributed by atoms with Crippen molar-refractivity contribution in [2.75, 3.05) is 0 Å². The highest BCUT2D eigenvalue weighted by molar-refractivity contribution is 5.74. The molecule has 0 saturated heterocycles. The van der Waals surface area contributed by atoms with Gasteiger partial charge < -0.3 is 4.74 Å². The van der Waals surface area contributed by atoms with Crippen LogP contribution in [0.5, 0.6) is 0 Å². The Bertz CT molecular complexity index is 495. The largest absolute Gasteiger partial charge is 0.460 e. The van der Waals surface area contributed by atoms with Crippen molar-refractivity contribution in [1.82, 2.24) is 0 Å². The summed E-state index contributed by atoms with van der Waals surface area (Å²) >= 11 is 0. The summed E-state index contributed by atoms with van der Waals surface area (Å²) in [6.07, 6.45) is 2.73. The predicted molar refractivity (Wildman–Crippen MR) is 77.3 cm³/mol. The van der Waals surface area contributed by atoms with Crippen LogP contribution in [0.2, 0.25) is 0 Å². The minimum atomic E-state index is -0.388. The Hall–Kier alpha value is -1.31. The quantitative estimate of drug-likeness (QED) is 0.719. The van der Waals surface area contributed by atoms with Gasteiger partial charge in [0.05, 0.1) is 5.92 Å². The first-order valence-corrected chi connectivity index (χ1v) is 7.09. The van der Waals surface area contributed by atoms with Crippen LogP contribution in [0.15, 0.2) is 12.1 Å². The predicted octanol–water partition coefficient (Wildman–Crippen LogP) is 3.75. The summed E-state index contributed by atoms with van der Waals surface area (Å²) in [4.78, 5) is 12.2. The Morgan fingerprint density at radius 3 is 2.58 bits per heavy atom. The molecule has 1 aliphatic carbocycles. The number of carbonyl (C=O) groups excluding carboxylic acids is 1. The number of carbonyl (C=O) groups is 1. The topological polar surface area (TPSA) is 26.3 Å². The van der Waals surface area contributed by atoms with E-state index in [9.17, 15) is 4.79 Å². The molecule has 2 rings (SSSR count). The monoisotopic (exact) mass is 260 g/mol. The van der Waals surface area contributed by atoms with Crippen LogP contribution in [0.4, 0.5) is 0 Å². The molecular weight excluding hydrogens is 236 g/mol. The van der Waals surface area contributed by atoms with E-state index >= 15 is 0 Å². The van der Waals surface area contributed by atoms with Crippen LogP contribution in [0.3, 0.4) is 0 Å². The van der Waals surface area contributed by atoms with Crippen LogP contribution in [0.1, 0.15) is 49.4 Å². The summed E-state index contributed by atoms with van der Waals surface area (Å²) in [6.45, 7) is 10.1. The van der Waals surface area contributed by atoms with Gasteiger partial charge in [-0.05, 0) is 76.1 Å². The van der Waals surface area contributed by atoms with Crippen molar-refractivity contribution in [1.29, 1.82) is 0 Å². The molecule has 1 unspecified atom stereocenters. The van der Waals surface area contributed by atoms with Crippen molar-refractivity contribution in [2.45, 2.75) is 59.5 Å². The van der Waals surface area contributed by atoms with Crippen LogP contribution >= 0.6 is 0 Å². The van der Waals surface area contributed by atoms with E-state index in [1.807, 2.05) is 20.8 Å². The van der Waals surface area contributed by atoms with Crippen molar-refractivity contribution in [2.24, 2.45) is 5.92 Å². The van der Waals surface area contributed by atoms with Crippen molar-refractivity contribution >= 4 is 5.97 Å². The second-order valence-corrected chi connectivity index (χ2v) is 6.62. The molecule has 2 heteroatoms. The zero-order valence-electron chi connectivity index (χ0n) is 12.7. The highest BCUT2D eigenvalue weighted by atomic mass is 16.6. The molecule has 1 aromatic carbocycles. The Labute approximate surface area is 116 Å². The van der Waals surface area contributed by atoms with E-state index in [1.54, 1.807) is 0 Å². The smallest absolute Gasteiger partial charge is 0.309 e.